The molecule has 4 rings (SSSR count). The number of nitrogens with zero attached hydrogens (tertiary/aromatic N) is 3. The molecular weight excluding hydrogens is 390 g/mol. The van der Waals surface area contributed by atoms with E-state index >= 15 is 0 Å². The molecule has 2 atom stereocenters. The van der Waals surface area contributed by atoms with Crippen molar-refractivity contribution in [2.24, 2.45) is 5.92 Å². The largest absolute Gasteiger partial charge is 0.343 e. The number of aromatic nitrogens is 1. The molecular formula is C25H31N3O3. The van der Waals surface area contributed by atoms with E-state index in [4.69, 9.17) is 0 Å². The fourth-order valence-electron chi connectivity index (χ4n) is 5.09. The van der Waals surface area contributed by atoms with Crippen LogP contribution in [-0.2, 0) is 16.0 Å². The van der Waals surface area contributed by atoms with Crippen LogP contribution >= 0.6 is 0 Å². The zero-order valence-corrected chi connectivity index (χ0v) is 18.9. The number of rotatable bonds is 6. The SMILES string of the molecule is CCN(CC)C(=O)[C@@H]1C=C2c3cccc4c3c(cn4C(=O)CCC(C)=O)C[C@H]2N(C)C1. The first-order valence-corrected chi connectivity index (χ1v) is 11.2. The topological polar surface area (TPSA) is 62.6 Å². The van der Waals surface area contributed by atoms with Crippen LogP contribution in [0, 0.1) is 5.92 Å². The number of amides is 1. The van der Waals surface area contributed by atoms with Crippen LogP contribution in [0.3, 0.4) is 0 Å². The van der Waals surface area contributed by atoms with Gasteiger partial charge in [-0.1, -0.05) is 18.2 Å². The second-order valence-corrected chi connectivity index (χ2v) is 8.72. The molecule has 6 heteroatoms. The molecule has 31 heavy (non-hydrogen) atoms. The van der Waals surface area contributed by atoms with E-state index in [0.29, 0.717) is 19.6 Å². The maximum atomic E-state index is 13.1. The molecule has 0 bridgehead atoms. The van der Waals surface area contributed by atoms with Crippen LogP contribution in [0.5, 0.6) is 0 Å². The number of ketones is 1. The van der Waals surface area contributed by atoms with E-state index in [9.17, 15) is 14.4 Å². The maximum Gasteiger partial charge on any atom is 0.231 e. The average molecular weight is 422 g/mol. The van der Waals surface area contributed by atoms with Gasteiger partial charge in [0.1, 0.15) is 5.78 Å². The molecule has 1 aromatic carbocycles. The van der Waals surface area contributed by atoms with E-state index in [1.807, 2.05) is 37.1 Å². The van der Waals surface area contributed by atoms with Crippen LogP contribution in [0.4, 0.5) is 0 Å². The van der Waals surface area contributed by atoms with Gasteiger partial charge in [0, 0.05) is 50.1 Å². The van der Waals surface area contributed by atoms with Crippen molar-refractivity contribution >= 4 is 34.1 Å². The lowest BCUT2D eigenvalue weighted by Gasteiger charge is -2.40. The summed E-state index contributed by atoms with van der Waals surface area (Å²) in [6, 6.07) is 6.25. The van der Waals surface area contributed by atoms with Crippen LogP contribution in [0.2, 0.25) is 0 Å². The first-order chi connectivity index (χ1) is 14.8. The first-order valence-electron chi connectivity index (χ1n) is 11.2. The highest BCUT2D eigenvalue weighted by Crippen LogP contribution is 2.42. The summed E-state index contributed by atoms with van der Waals surface area (Å²) in [5.41, 5.74) is 4.35. The molecule has 0 fully saturated rings. The smallest absolute Gasteiger partial charge is 0.231 e. The summed E-state index contributed by atoms with van der Waals surface area (Å²) in [6.07, 6.45) is 5.41. The Hall–Kier alpha value is -2.73. The van der Waals surface area contributed by atoms with Gasteiger partial charge >= 0.3 is 0 Å². The summed E-state index contributed by atoms with van der Waals surface area (Å²) in [5, 5.41) is 1.10. The molecule has 0 spiro atoms. The summed E-state index contributed by atoms with van der Waals surface area (Å²) in [6.45, 7) is 7.68. The second kappa shape index (κ2) is 8.42. The molecule has 0 unspecified atom stereocenters. The Morgan fingerprint density at radius 2 is 1.87 bits per heavy atom. The predicted octanol–water partition coefficient (Wildman–Crippen LogP) is 3.39. The van der Waals surface area contributed by atoms with Crippen molar-refractivity contribution in [2.45, 2.75) is 46.1 Å². The molecule has 1 aromatic heterocycles. The van der Waals surface area contributed by atoms with Crippen molar-refractivity contribution in [3.63, 3.8) is 0 Å². The lowest BCUT2D eigenvalue weighted by molar-refractivity contribution is -0.134. The first kappa shape index (κ1) is 21.5. The molecule has 6 nitrogen and oxygen atoms in total. The Morgan fingerprint density at radius 1 is 1.13 bits per heavy atom. The Morgan fingerprint density at radius 3 is 2.55 bits per heavy atom. The van der Waals surface area contributed by atoms with E-state index in [0.717, 1.165) is 28.5 Å². The lowest BCUT2D eigenvalue weighted by atomic mass is 9.79. The Kier molecular flexibility index (Phi) is 5.84. The summed E-state index contributed by atoms with van der Waals surface area (Å²) >= 11 is 0. The molecule has 0 N–H and O–H groups in total. The number of fused-ring (bicyclic) bond motifs is 2. The third kappa shape index (κ3) is 3.74. The molecule has 164 valence electrons. The van der Waals surface area contributed by atoms with Gasteiger partial charge in [0.25, 0.3) is 0 Å². The van der Waals surface area contributed by atoms with Gasteiger partial charge in [0.15, 0.2) is 0 Å². The molecule has 2 heterocycles. The third-order valence-electron chi connectivity index (χ3n) is 6.74. The van der Waals surface area contributed by atoms with Crippen molar-refractivity contribution in [3.05, 3.63) is 41.6 Å². The quantitative estimate of drug-likeness (QED) is 0.717. The highest BCUT2D eigenvalue weighted by Gasteiger charge is 2.37. The standard InChI is InChI=1S/C25H31N3O3/c1-5-27(6-2)25(31)18-12-20-19-8-7-9-21-24(19)17(13-22(20)26(4)14-18)15-28(21)23(30)11-10-16(3)29/h7-9,12,15,18,22H,5-6,10-11,13-14H2,1-4H3/t18-,22-/m1/s1. The van der Waals surface area contributed by atoms with Gasteiger partial charge in [-0.05, 0) is 57.0 Å². The average Bonchev–Trinajstić information content (AvgIpc) is 3.13. The van der Waals surface area contributed by atoms with Gasteiger partial charge in [-0.3, -0.25) is 19.1 Å². The van der Waals surface area contributed by atoms with Crippen LogP contribution < -0.4 is 0 Å². The minimum absolute atomic E-state index is 0.0248. The molecule has 1 aliphatic heterocycles. The van der Waals surface area contributed by atoms with Gasteiger partial charge in [0.05, 0.1) is 11.4 Å². The van der Waals surface area contributed by atoms with Crippen LogP contribution in [0.1, 0.15) is 49.5 Å². The number of likely N-dealkylation sites (N-methyl/N-ethyl adjacent to an activating group) is 1. The minimum atomic E-state index is -0.160. The summed E-state index contributed by atoms with van der Waals surface area (Å²) in [7, 11) is 2.08. The number of carbonyl (C=O) groups excluding carboxylic acids is 3. The van der Waals surface area contributed by atoms with E-state index in [2.05, 4.69) is 24.1 Å². The zero-order valence-electron chi connectivity index (χ0n) is 18.9. The number of hydrogen-bond acceptors (Lipinski definition) is 4. The Labute approximate surface area is 183 Å². The van der Waals surface area contributed by atoms with Crippen molar-refractivity contribution in [2.75, 3.05) is 26.7 Å². The maximum absolute atomic E-state index is 13.1. The number of Topliss-reactive ketones (excluding diaryl/α,β-unsaturated/α-hetero) is 1. The summed E-state index contributed by atoms with van der Waals surface area (Å²) in [5.74, 6) is -0.00728. The normalized spacial score (nSPS) is 20.3. The van der Waals surface area contributed by atoms with Gasteiger partial charge in [0.2, 0.25) is 11.8 Å². The Bertz CT molecular complexity index is 1080. The third-order valence-corrected chi connectivity index (χ3v) is 6.74. The van der Waals surface area contributed by atoms with Crippen LogP contribution in [-0.4, -0.2) is 64.7 Å². The molecule has 0 radical (unpaired) electrons. The predicted molar refractivity (Wildman–Crippen MR) is 122 cm³/mol. The van der Waals surface area contributed by atoms with Crippen molar-refractivity contribution in [1.29, 1.82) is 0 Å². The molecule has 1 amide bonds. The van der Waals surface area contributed by atoms with Crippen LogP contribution in [0.15, 0.2) is 30.5 Å². The van der Waals surface area contributed by atoms with Gasteiger partial charge in [-0.2, -0.15) is 0 Å². The van der Waals surface area contributed by atoms with Crippen molar-refractivity contribution in [3.8, 4) is 0 Å². The minimum Gasteiger partial charge on any atom is -0.343 e. The van der Waals surface area contributed by atoms with Crippen molar-refractivity contribution < 1.29 is 14.4 Å². The van der Waals surface area contributed by atoms with Crippen LogP contribution in [0.25, 0.3) is 16.5 Å². The highest BCUT2D eigenvalue weighted by atomic mass is 16.2. The van der Waals surface area contributed by atoms with E-state index in [1.165, 1.54) is 12.5 Å². The van der Waals surface area contributed by atoms with Gasteiger partial charge in [-0.25, -0.2) is 0 Å². The van der Waals surface area contributed by atoms with E-state index < -0.39 is 0 Å². The zero-order chi connectivity index (χ0) is 22.3. The van der Waals surface area contributed by atoms with Gasteiger partial charge in [-0.15, -0.1) is 0 Å². The lowest BCUT2D eigenvalue weighted by Crippen LogP contribution is -2.47. The molecule has 2 aliphatic rings. The number of carbonyl (C=O) groups is 3. The van der Waals surface area contributed by atoms with Crippen molar-refractivity contribution in [1.82, 2.24) is 14.4 Å². The molecule has 0 saturated heterocycles. The fraction of sp³-hybridized carbons (Fsp3) is 0.480. The highest BCUT2D eigenvalue weighted by molar-refractivity contribution is 6.03. The fourth-order valence-corrected chi connectivity index (χ4v) is 5.09. The Balaban J connectivity index is 1.77. The monoisotopic (exact) mass is 421 g/mol. The van der Waals surface area contributed by atoms with E-state index in [-0.39, 0.29) is 42.4 Å². The van der Waals surface area contributed by atoms with E-state index in [1.54, 1.807) is 4.57 Å². The second-order valence-electron chi connectivity index (χ2n) is 8.72. The molecule has 0 saturated carbocycles. The summed E-state index contributed by atoms with van der Waals surface area (Å²) in [4.78, 5) is 41.4. The summed E-state index contributed by atoms with van der Waals surface area (Å²) < 4.78 is 1.72. The number of benzene rings is 1. The molecule has 1 aliphatic carbocycles. The molecule has 2 aromatic rings. The van der Waals surface area contributed by atoms with Gasteiger partial charge < -0.3 is 9.69 Å². The number of hydrogen-bond donors (Lipinski definition) is 0.